The summed E-state index contributed by atoms with van der Waals surface area (Å²) in [5, 5.41) is 3.65. The predicted molar refractivity (Wildman–Crippen MR) is 58.9 cm³/mol. The van der Waals surface area contributed by atoms with E-state index in [0.717, 1.165) is 17.9 Å². The van der Waals surface area contributed by atoms with E-state index >= 15 is 0 Å². The fourth-order valence-electron chi connectivity index (χ4n) is 2.00. The lowest BCUT2D eigenvalue weighted by Gasteiger charge is -2.18. The van der Waals surface area contributed by atoms with Gasteiger partial charge in [0, 0.05) is 6.04 Å². The van der Waals surface area contributed by atoms with Crippen LogP contribution in [0.25, 0.3) is 0 Å². The van der Waals surface area contributed by atoms with Crippen LogP contribution < -0.4 is 5.32 Å². The zero-order valence-electron chi connectivity index (χ0n) is 9.47. The maximum absolute atomic E-state index is 3.65. The van der Waals surface area contributed by atoms with Gasteiger partial charge in [0.15, 0.2) is 0 Å². The van der Waals surface area contributed by atoms with Crippen LogP contribution in [0.1, 0.15) is 52.9 Å². The third-order valence-electron chi connectivity index (χ3n) is 2.77. The van der Waals surface area contributed by atoms with Crippen molar-refractivity contribution < 1.29 is 0 Å². The summed E-state index contributed by atoms with van der Waals surface area (Å²) in [6.07, 6.45) is 6.97. The molecule has 1 fully saturated rings. The molecule has 0 aromatic carbocycles. The fraction of sp³-hybridized carbons (Fsp3) is 1.00. The summed E-state index contributed by atoms with van der Waals surface area (Å²) in [5.74, 6) is 1.78. The molecular formula is C12H25N. The minimum Gasteiger partial charge on any atom is -0.314 e. The summed E-state index contributed by atoms with van der Waals surface area (Å²) >= 11 is 0. The van der Waals surface area contributed by atoms with Crippen LogP contribution in [0.15, 0.2) is 0 Å². The largest absolute Gasteiger partial charge is 0.314 e. The quantitative estimate of drug-likeness (QED) is 0.639. The van der Waals surface area contributed by atoms with Crippen molar-refractivity contribution in [3.05, 3.63) is 0 Å². The molecule has 1 N–H and O–H groups in total. The summed E-state index contributed by atoms with van der Waals surface area (Å²) in [6.45, 7) is 8.22. The van der Waals surface area contributed by atoms with Gasteiger partial charge in [0.2, 0.25) is 0 Å². The Balaban J connectivity index is 2.11. The van der Waals surface area contributed by atoms with Crippen molar-refractivity contribution in [3.8, 4) is 0 Å². The molecule has 1 unspecified atom stereocenters. The maximum Gasteiger partial charge on any atom is 0.00683 e. The van der Waals surface area contributed by atoms with Crippen LogP contribution in [0.5, 0.6) is 0 Å². The van der Waals surface area contributed by atoms with E-state index in [-0.39, 0.29) is 0 Å². The smallest absolute Gasteiger partial charge is 0.00683 e. The molecule has 78 valence electrons. The molecule has 0 spiro atoms. The zero-order chi connectivity index (χ0) is 9.68. The van der Waals surface area contributed by atoms with Gasteiger partial charge < -0.3 is 5.32 Å². The number of nitrogens with one attached hydrogen (secondary N) is 1. The summed E-state index contributed by atoms with van der Waals surface area (Å²) in [6, 6.07) is 0.881. The van der Waals surface area contributed by atoms with Crippen LogP contribution in [-0.4, -0.2) is 12.6 Å². The Labute approximate surface area is 83.3 Å². The van der Waals surface area contributed by atoms with Gasteiger partial charge in [0.1, 0.15) is 0 Å². The molecule has 0 amide bonds. The lowest BCUT2D eigenvalue weighted by molar-refractivity contribution is 0.363. The molecule has 1 atom stereocenters. The molecule has 1 aliphatic rings. The van der Waals surface area contributed by atoms with Gasteiger partial charge in [-0.3, -0.25) is 0 Å². The first kappa shape index (κ1) is 11.0. The minimum absolute atomic E-state index is 0.859. The van der Waals surface area contributed by atoms with E-state index in [1.54, 1.807) is 0 Å². The lowest BCUT2D eigenvalue weighted by atomic mass is 9.93. The average Bonchev–Trinajstić information content (AvgIpc) is 2.82. The van der Waals surface area contributed by atoms with Crippen molar-refractivity contribution in [1.82, 2.24) is 5.32 Å². The van der Waals surface area contributed by atoms with Crippen molar-refractivity contribution in [2.24, 2.45) is 11.8 Å². The second kappa shape index (κ2) is 5.64. The molecule has 0 saturated heterocycles. The van der Waals surface area contributed by atoms with Gasteiger partial charge in [0.05, 0.1) is 0 Å². The third kappa shape index (κ3) is 5.30. The highest BCUT2D eigenvalue weighted by molar-refractivity contribution is 4.81. The van der Waals surface area contributed by atoms with Crippen molar-refractivity contribution >= 4 is 0 Å². The standard InChI is InChI=1S/C12H25N/c1-4-5-11(8-10(2)3)9-13-12-6-7-12/h10-13H,4-9H2,1-3H3. The van der Waals surface area contributed by atoms with Crippen LogP contribution in [-0.2, 0) is 0 Å². The topological polar surface area (TPSA) is 12.0 Å². The van der Waals surface area contributed by atoms with Gasteiger partial charge >= 0.3 is 0 Å². The Morgan fingerprint density at radius 2 is 2.00 bits per heavy atom. The first-order chi connectivity index (χ1) is 6.22. The number of hydrogen-bond acceptors (Lipinski definition) is 1. The van der Waals surface area contributed by atoms with Crippen molar-refractivity contribution in [2.45, 2.75) is 58.9 Å². The Bertz CT molecular complexity index is 127. The third-order valence-corrected chi connectivity index (χ3v) is 2.77. The fourth-order valence-corrected chi connectivity index (χ4v) is 2.00. The van der Waals surface area contributed by atoms with Crippen molar-refractivity contribution in [2.75, 3.05) is 6.54 Å². The normalized spacial score (nSPS) is 19.4. The summed E-state index contributed by atoms with van der Waals surface area (Å²) < 4.78 is 0. The zero-order valence-corrected chi connectivity index (χ0v) is 9.47. The Morgan fingerprint density at radius 1 is 1.31 bits per heavy atom. The average molecular weight is 183 g/mol. The molecule has 1 rings (SSSR count). The van der Waals surface area contributed by atoms with E-state index in [9.17, 15) is 0 Å². The Morgan fingerprint density at radius 3 is 2.46 bits per heavy atom. The van der Waals surface area contributed by atoms with Gasteiger partial charge in [-0.1, -0.05) is 27.2 Å². The first-order valence-electron chi connectivity index (χ1n) is 5.95. The number of rotatable bonds is 7. The van der Waals surface area contributed by atoms with E-state index < -0.39 is 0 Å². The molecule has 0 aromatic rings. The molecule has 0 heterocycles. The second-order valence-corrected chi connectivity index (χ2v) is 4.97. The molecule has 1 aliphatic carbocycles. The van der Waals surface area contributed by atoms with E-state index in [2.05, 4.69) is 26.1 Å². The van der Waals surface area contributed by atoms with E-state index in [4.69, 9.17) is 0 Å². The molecular weight excluding hydrogens is 158 g/mol. The van der Waals surface area contributed by atoms with E-state index in [1.165, 1.54) is 38.6 Å². The Kier molecular flexibility index (Phi) is 4.79. The molecule has 0 bridgehead atoms. The van der Waals surface area contributed by atoms with E-state index in [1.807, 2.05) is 0 Å². The molecule has 0 radical (unpaired) electrons. The first-order valence-corrected chi connectivity index (χ1v) is 5.95. The monoisotopic (exact) mass is 183 g/mol. The SMILES string of the molecule is CCCC(CNC1CC1)CC(C)C. The minimum atomic E-state index is 0.859. The van der Waals surface area contributed by atoms with Crippen LogP contribution in [0.3, 0.4) is 0 Å². The molecule has 1 nitrogen and oxygen atoms in total. The van der Waals surface area contributed by atoms with Gasteiger partial charge in [-0.15, -0.1) is 0 Å². The van der Waals surface area contributed by atoms with Crippen LogP contribution in [0, 0.1) is 11.8 Å². The molecule has 13 heavy (non-hydrogen) atoms. The highest BCUT2D eigenvalue weighted by Crippen LogP contribution is 2.21. The second-order valence-electron chi connectivity index (χ2n) is 4.97. The van der Waals surface area contributed by atoms with Crippen molar-refractivity contribution in [3.63, 3.8) is 0 Å². The van der Waals surface area contributed by atoms with Crippen LogP contribution >= 0.6 is 0 Å². The Hall–Kier alpha value is -0.0400. The van der Waals surface area contributed by atoms with E-state index in [0.29, 0.717) is 0 Å². The van der Waals surface area contributed by atoms with Crippen LogP contribution in [0.2, 0.25) is 0 Å². The van der Waals surface area contributed by atoms with Gasteiger partial charge in [0.25, 0.3) is 0 Å². The highest BCUT2D eigenvalue weighted by Gasteiger charge is 2.21. The summed E-state index contributed by atoms with van der Waals surface area (Å²) in [5.41, 5.74) is 0. The van der Waals surface area contributed by atoms with Crippen molar-refractivity contribution in [1.29, 1.82) is 0 Å². The molecule has 1 heteroatoms. The summed E-state index contributed by atoms with van der Waals surface area (Å²) in [4.78, 5) is 0. The highest BCUT2D eigenvalue weighted by atomic mass is 14.9. The predicted octanol–water partition coefficient (Wildman–Crippen LogP) is 3.20. The van der Waals surface area contributed by atoms with Gasteiger partial charge in [-0.05, 0) is 44.1 Å². The molecule has 0 aliphatic heterocycles. The molecule has 0 aromatic heterocycles. The lowest BCUT2D eigenvalue weighted by Crippen LogP contribution is -2.25. The number of hydrogen-bond donors (Lipinski definition) is 1. The summed E-state index contributed by atoms with van der Waals surface area (Å²) in [7, 11) is 0. The van der Waals surface area contributed by atoms with Crippen LogP contribution in [0.4, 0.5) is 0 Å². The molecule has 1 saturated carbocycles. The van der Waals surface area contributed by atoms with Gasteiger partial charge in [-0.2, -0.15) is 0 Å². The maximum atomic E-state index is 3.65. The van der Waals surface area contributed by atoms with Gasteiger partial charge in [-0.25, -0.2) is 0 Å².